The van der Waals surface area contributed by atoms with Crippen molar-refractivity contribution in [2.75, 3.05) is 33.2 Å². The van der Waals surface area contributed by atoms with Crippen LogP contribution in [0.5, 0.6) is 0 Å². The molecule has 2 fully saturated rings. The van der Waals surface area contributed by atoms with Gasteiger partial charge in [-0.05, 0) is 26.0 Å². The molecule has 0 atom stereocenters. The molecular weight excluding hydrogens is 287 g/mol. The number of amides is 2. The standard InChI is InChI=1S/C15H19FN4O2/c1-19-9-6-18-14(22)15(19)3-7-20(8-4-15)13(21)11-2-5-17-10-12(11)16/h2,5,10H,3-4,6-9H2,1H3,(H,18,22). The fourth-order valence-electron chi connectivity index (χ4n) is 3.30. The van der Waals surface area contributed by atoms with E-state index in [0.717, 1.165) is 12.7 Å². The molecule has 2 aliphatic heterocycles. The second kappa shape index (κ2) is 5.64. The predicted octanol–water partition coefficient (Wildman–Crippen LogP) is 0.257. The Hall–Kier alpha value is -2.02. The summed E-state index contributed by atoms with van der Waals surface area (Å²) >= 11 is 0. The first-order valence-corrected chi connectivity index (χ1v) is 7.43. The molecule has 2 aliphatic rings. The van der Waals surface area contributed by atoms with Gasteiger partial charge in [0.15, 0.2) is 5.82 Å². The van der Waals surface area contributed by atoms with E-state index in [2.05, 4.69) is 15.2 Å². The molecular formula is C15H19FN4O2. The summed E-state index contributed by atoms with van der Waals surface area (Å²) in [6.07, 6.45) is 3.58. The summed E-state index contributed by atoms with van der Waals surface area (Å²) in [5, 5.41) is 2.91. The fourth-order valence-corrected chi connectivity index (χ4v) is 3.30. The summed E-state index contributed by atoms with van der Waals surface area (Å²) in [4.78, 5) is 32.0. The van der Waals surface area contributed by atoms with Crippen LogP contribution in [0, 0.1) is 5.82 Å². The highest BCUT2D eigenvalue weighted by atomic mass is 19.1. The highest BCUT2D eigenvalue weighted by Crippen LogP contribution is 2.30. The lowest BCUT2D eigenvalue weighted by atomic mass is 9.83. The number of hydrogen-bond donors (Lipinski definition) is 1. The number of pyridine rings is 1. The molecule has 1 aromatic heterocycles. The Bertz CT molecular complexity index is 599. The second-order valence-corrected chi connectivity index (χ2v) is 5.86. The van der Waals surface area contributed by atoms with Gasteiger partial charge in [0.2, 0.25) is 5.91 Å². The summed E-state index contributed by atoms with van der Waals surface area (Å²) in [5.74, 6) is -0.919. The number of carbonyl (C=O) groups excluding carboxylic acids is 2. The van der Waals surface area contributed by atoms with E-state index in [1.807, 2.05) is 7.05 Å². The maximum atomic E-state index is 13.7. The third-order valence-electron chi connectivity index (χ3n) is 4.77. The Morgan fingerprint density at radius 1 is 1.36 bits per heavy atom. The van der Waals surface area contributed by atoms with Gasteiger partial charge >= 0.3 is 0 Å². The van der Waals surface area contributed by atoms with Crippen LogP contribution < -0.4 is 5.32 Å². The van der Waals surface area contributed by atoms with Crippen LogP contribution in [0.3, 0.4) is 0 Å². The van der Waals surface area contributed by atoms with Crippen LogP contribution in [0.2, 0.25) is 0 Å². The van der Waals surface area contributed by atoms with E-state index in [4.69, 9.17) is 0 Å². The smallest absolute Gasteiger partial charge is 0.256 e. The summed E-state index contributed by atoms with van der Waals surface area (Å²) < 4.78 is 13.7. The van der Waals surface area contributed by atoms with E-state index in [1.165, 1.54) is 12.3 Å². The lowest BCUT2D eigenvalue weighted by Gasteiger charge is -2.48. The van der Waals surface area contributed by atoms with Gasteiger partial charge in [-0.15, -0.1) is 0 Å². The average molecular weight is 306 g/mol. The summed E-state index contributed by atoms with van der Waals surface area (Å²) in [5.41, 5.74) is -0.501. The van der Waals surface area contributed by atoms with Gasteiger partial charge in [0.25, 0.3) is 5.91 Å². The average Bonchev–Trinajstić information content (AvgIpc) is 2.53. The van der Waals surface area contributed by atoms with Crippen LogP contribution in [0.1, 0.15) is 23.2 Å². The van der Waals surface area contributed by atoms with Gasteiger partial charge in [-0.1, -0.05) is 0 Å². The highest BCUT2D eigenvalue weighted by Gasteiger charge is 2.47. The molecule has 0 bridgehead atoms. The molecule has 2 saturated heterocycles. The number of hydrogen-bond acceptors (Lipinski definition) is 4. The van der Waals surface area contributed by atoms with E-state index in [0.29, 0.717) is 32.5 Å². The zero-order valence-corrected chi connectivity index (χ0v) is 12.5. The number of piperazine rings is 1. The summed E-state index contributed by atoms with van der Waals surface area (Å²) in [6, 6.07) is 1.39. The number of nitrogens with one attached hydrogen (secondary N) is 1. The monoisotopic (exact) mass is 306 g/mol. The van der Waals surface area contributed by atoms with Crippen molar-refractivity contribution in [3.05, 3.63) is 29.8 Å². The molecule has 1 spiro atoms. The van der Waals surface area contributed by atoms with Gasteiger partial charge in [0.1, 0.15) is 5.54 Å². The van der Waals surface area contributed by atoms with Gasteiger partial charge in [-0.3, -0.25) is 19.5 Å². The summed E-state index contributed by atoms with van der Waals surface area (Å²) in [7, 11) is 1.94. The molecule has 1 aromatic rings. The van der Waals surface area contributed by atoms with Crippen molar-refractivity contribution in [3.63, 3.8) is 0 Å². The van der Waals surface area contributed by atoms with Crippen molar-refractivity contribution in [1.82, 2.24) is 20.1 Å². The molecule has 0 radical (unpaired) electrons. The zero-order chi connectivity index (χ0) is 15.7. The van der Waals surface area contributed by atoms with Crippen molar-refractivity contribution < 1.29 is 14.0 Å². The van der Waals surface area contributed by atoms with E-state index >= 15 is 0 Å². The molecule has 0 saturated carbocycles. The van der Waals surface area contributed by atoms with Gasteiger partial charge in [0.05, 0.1) is 11.8 Å². The minimum atomic E-state index is -0.611. The minimum Gasteiger partial charge on any atom is -0.353 e. The van der Waals surface area contributed by atoms with E-state index < -0.39 is 11.4 Å². The quantitative estimate of drug-likeness (QED) is 0.808. The number of halogens is 1. The second-order valence-electron chi connectivity index (χ2n) is 5.86. The van der Waals surface area contributed by atoms with Gasteiger partial charge in [-0.2, -0.15) is 0 Å². The molecule has 7 heteroatoms. The third kappa shape index (κ3) is 2.35. The topological polar surface area (TPSA) is 65.5 Å². The molecule has 0 aromatic carbocycles. The van der Waals surface area contributed by atoms with E-state index in [-0.39, 0.29) is 17.4 Å². The molecule has 22 heavy (non-hydrogen) atoms. The molecule has 3 rings (SSSR count). The van der Waals surface area contributed by atoms with Crippen molar-refractivity contribution in [2.24, 2.45) is 0 Å². The van der Waals surface area contributed by atoms with Crippen molar-refractivity contribution in [3.8, 4) is 0 Å². The largest absolute Gasteiger partial charge is 0.353 e. The van der Waals surface area contributed by atoms with Crippen molar-refractivity contribution >= 4 is 11.8 Å². The lowest BCUT2D eigenvalue weighted by molar-refractivity contribution is -0.139. The molecule has 1 N–H and O–H groups in total. The molecule has 6 nitrogen and oxygen atoms in total. The Balaban J connectivity index is 1.73. The number of rotatable bonds is 1. The first-order chi connectivity index (χ1) is 10.5. The minimum absolute atomic E-state index is 0.0310. The summed E-state index contributed by atoms with van der Waals surface area (Å²) in [6.45, 7) is 2.34. The number of likely N-dealkylation sites (N-methyl/N-ethyl adjacent to an activating group) is 1. The van der Waals surface area contributed by atoms with Crippen LogP contribution in [0.15, 0.2) is 18.5 Å². The number of aromatic nitrogens is 1. The number of carbonyl (C=O) groups is 2. The Morgan fingerprint density at radius 2 is 2.09 bits per heavy atom. The first kappa shape index (κ1) is 14.9. The van der Waals surface area contributed by atoms with Gasteiger partial charge < -0.3 is 10.2 Å². The Labute approximate surface area is 128 Å². The lowest BCUT2D eigenvalue weighted by Crippen LogP contribution is -2.67. The van der Waals surface area contributed by atoms with Crippen LogP contribution in [0.4, 0.5) is 4.39 Å². The first-order valence-electron chi connectivity index (χ1n) is 7.43. The van der Waals surface area contributed by atoms with Crippen LogP contribution >= 0.6 is 0 Å². The number of nitrogens with zero attached hydrogens (tertiary/aromatic N) is 3. The molecule has 2 amide bonds. The maximum Gasteiger partial charge on any atom is 0.256 e. The van der Waals surface area contributed by atoms with E-state index in [1.54, 1.807) is 4.90 Å². The predicted molar refractivity (Wildman–Crippen MR) is 77.7 cm³/mol. The fraction of sp³-hybridized carbons (Fsp3) is 0.533. The number of piperidine rings is 1. The molecule has 0 unspecified atom stereocenters. The normalized spacial score (nSPS) is 21.7. The maximum absolute atomic E-state index is 13.7. The molecule has 3 heterocycles. The van der Waals surface area contributed by atoms with Crippen molar-refractivity contribution in [1.29, 1.82) is 0 Å². The van der Waals surface area contributed by atoms with E-state index in [9.17, 15) is 14.0 Å². The van der Waals surface area contributed by atoms with Crippen LogP contribution in [-0.2, 0) is 4.79 Å². The molecule has 0 aliphatic carbocycles. The van der Waals surface area contributed by atoms with Gasteiger partial charge in [0, 0.05) is 32.4 Å². The third-order valence-corrected chi connectivity index (χ3v) is 4.77. The van der Waals surface area contributed by atoms with Crippen LogP contribution in [-0.4, -0.2) is 65.4 Å². The SMILES string of the molecule is CN1CCNC(=O)C12CCN(C(=O)c1ccncc1F)CC2. The molecule has 118 valence electrons. The van der Waals surface area contributed by atoms with Gasteiger partial charge in [-0.25, -0.2) is 4.39 Å². The number of likely N-dealkylation sites (tertiary alicyclic amines) is 1. The highest BCUT2D eigenvalue weighted by molar-refractivity contribution is 5.95. The van der Waals surface area contributed by atoms with Crippen LogP contribution in [0.25, 0.3) is 0 Å². The van der Waals surface area contributed by atoms with Crippen molar-refractivity contribution in [2.45, 2.75) is 18.4 Å². The zero-order valence-electron chi connectivity index (χ0n) is 12.5. The Morgan fingerprint density at radius 3 is 2.73 bits per heavy atom. The Kier molecular flexibility index (Phi) is 3.82.